The number of aromatic nitrogens is 2. The first kappa shape index (κ1) is 17.7. The second kappa shape index (κ2) is 7.44. The summed E-state index contributed by atoms with van der Waals surface area (Å²) in [5, 5.41) is 3.13. The first-order valence-corrected chi connectivity index (χ1v) is 9.49. The van der Waals surface area contributed by atoms with E-state index in [1.54, 1.807) is 0 Å². The van der Waals surface area contributed by atoms with Gasteiger partial charge < -0.3 is 10.3 Å². The number of nitrogens with one attached hydrogen (secondary N) is 2. The third kappa shape index (κ3) is 3.95. The van der Waals surface area contributed by atoms with E-state index in [0.29, 0.717) is 5.16 Å². The standard InChI is InChI=1S/C19H23N3O2S/c1-11-7-6-10-15(12(11)2)20-17(23)13(3)25-19-21-16-9-5-4-8-14(16)18(24)22-19/h6-7,10,13H,4-5,8-9H2,1-3H3,(H,20,23)(H,21,22,24)/t13-/m0/s1. The summed E-state index contributed by atoms with van der Waals surface area (Å²) in [4.78, 5) is 32.1. The van der Waals surface area contributed by atoms with Crippen LogP contribution in [0.5, 0.6) is 0 Å². The van der Waals surface area contributed by atoms with Crippen LogP contribution >= 0.6 is 11.8 Å². The number of carbonyl (C=O) groups excluding carboxylic acids is 1. The largest absolute Gasteiger partial charge is 0.325 e. The van der Waals surface area contributed by atoms with Crippen molar-refractivity contribution in [1.29, 1.82) is 0 Å². The van der Waals surface area contributed by atoms with Crippen molar-refractivity contribution >= 4 is 23.4 Å². The molecule has 0 unspecified atom stereocenters. The second-order valence-electron chi connectivity index (χ2n) is 6.50. The normalized spacial score (nSPS) is 14.7. The van der Waals surface area contributed by atoms with Crippen molar-refractivity contribution in [2.75, 3.05) is 5.32 Å². The van der Waals surface area contributed by atoms with E-state index < -0.39 is 0 Å². The molecule has 132 valence electrons. The lowest BCUT2D eigenvalue weighted by Crippen LogP contribution is -2.25. The molecule has 25 heavy (non-hydrogen) atoms. The van der Waals surface area contributed by atoms with E-state index in [4.69, 9.17) is 0 Å². The van der Waals surface area contributed by atoms with Gasteiger partial charge in [0.2, 0.25) is 5.91 Å². The number of rotatable bonds is 4. The number of aryl methyl sites for hydroxylation is 2. The molecule has 0 radical (unpaired) electrons. The molecule has 1 amide bonds. The Hall–Kier alpha value is -2.08. The molecular weight excluding hydrogens is 334 g/mol. The van der Waals surface area contributed by atoms with Gasteiger partial charge in [-0.3, -0.25) is 9.59 Å². The summed E-state index contributed by atoms with van der Waals surface area (Å²) >= 11 is 1.29. The second-order valence-corrected chi connectivity index (χ2v) is 7.83. The van der Waals surface area contributed by atoms with Crippen molar-refractivity contribution < 1.29 is 4.79 Å². The molecule has 2 aromatic rings. The van der Waals surface area contributed by atoms with Gasteiger partial charge in [-0.25, -0.2) is 4.98 Å². The summed E-state index contributed by atoms with van der Waals surface area (Å²) in [5.74, 6) is -0.0981. The fourth-order valence-corrected chi connectivity index (χ4v) is 3.79. The van der Waals surface area contributed by atoms with Gasteiger partial charge in [0, 0.05) is 11.3 Å². The van der Waals surface area contributed by atoms with Gasteiger partial charge in [0.1, 0.15) is 0 Å². The summed E-state index contributed by atoms with van der Waals surface area (Å²) in [5.41, 5.74) is 4.66. The highest BCUT2D eigenvalue weighted by molar-refractivity contribution is 8.00. The fourth-order valence-electron chi connectivity index (χ4n) is 2.98. The Labute approximate surface area is 151 Å². The molecule has 6 heteroatoms. The van der Waals surface area contributed by atoms with Crippen molar-refractivity contribution in [1.82, 2.24) is 9.97 Å². The van der Waals surface area contributed by atoms with Gasteiger partial charge in [0.25, 0.3) is 5.56 Å². The SMILES string of the molecule is Cc1cccc(NC(=O)[C@H](C)Sc2nc3c(c(=O)[nH]2)CCCC3)c1C. The number of carbonyl (C=O) groups is 1. The third-order valence-corrected chi connectivity index (χ3v) is 5.67. The Kier molecular flexibility index (Phi) is 5.27. The minimum atomic E-state index is -0.357. The van der Waals surface area contributed by atoms with Gasteiger partial charge in [-0.2, -0.15) is 0 Å². The molecule has 0 aliphatic heterocycles. The van der Waals surface area contributed by atoms with Crippen LogP contribution in [0.3, 0.4) is 0 Å². The van der Waals surface area contributed by atoms with Crippen LogP contribution < -0.4 is 10.9 Å². The maximum Gasteiger partial charge on any atom is 0.254 e. The van der Waals surface area contributed by atoms with Crippen LogP contribution in [0.15, 0.2) is 28.2 Å². The Balaban J connectivity index is 1.72. The molecule has 0 saturated carbocycles. The molecule has 0 bridgehead atoms. The summed E-state index contributed by atoms with van der Waals surface area (Å²) < 4.78 is 0. The third-order valence-electron chi connectivity index (χ3n) is 4.69. The number of hydrogen-bond donors (Lipinski definition) is 2. The highest BCUT2D eigenvalue weighted by Crippen LogP contribution is 2.24. The Morgan fingerprint density at radius 2 is 2.04 bits per heavy atom. The highest BCUT2D eigenvalue weighted by Gasteiger charge is 2.20. The summed E-state index contributed by atoms with van der Waals surface area (Å²) in [7, 11) is 0. The van der Waals surface area contributed by atoms with E-state index in [1.807, 2.05) is 39.0 Å². The lowest BCUT2D eigenvalue weighted by atomic mass is 9.97. The van der Waals surface area contributed by atoms with E-state index in [1.165, 1.54) is 11.8 Å². The lowest BCUT2D eigenvalue weighted by molar-refractivity contribution is -0.115. The zero-order valence-electron chi connectivity index (χ0n) is 14.8. The zero-order chi connectivity index (χ0) is 18.0. The number of aromatic amines is 1. The van der Waals surface area contributed by atoms with Crippen LogP contribution in [-0.2, 0) is 17.6 Å². The van der Waals surface area contributed by atoms with Crippen LogP contribution in [0.1, 0.15) is 42.1 Å². The molecule has 0 saturated heterocycles. The van der Waals surface area contributed by atoms with E-state index in [-0.39, 0.29) is 16.7 Å². The van der Waals surface area contributed by atoms with Gasteiger partial charge in [0.15, 0.2) is 5.16 Å². The Morgan fingerprint density at radius 1 is 1.28 bits per heavy atom. The van der Waals surface area contributed by atoms with E-state index in [0.717, 1.165) is 53.8 Å². The number of anilines is 1. The molecule has 2 N–H and O–H groups in total. The van der Waals surface area contributed by atoms with Gasteiger partial charge >= 0.3 is 0 Å². The van der Waals surface area contributed by atoms with Crippen molar-refractivity contribution in [2.45, 2.75) is 56.9 Å². The number of fused-ring (bicyclic) bond motifs is 1. The van der Waals surface area contributed by atoms with Crippen LogP contribution in [0.4, 0.5) is 5.69 Å². The molecule has 1 atom stereocenters. The number of amides is 1. The molecule has 3 rings (SSSR count). The summed E-state index contributed by atoms with van der Waals surface area (Å²) in [6.45, 7) is 5.83. The van der Waals surface area contributed by atoms with Crippen molar-refractivity contribution in [3.63, 3.8) is 0 Å². The first-order valence-electron chi connectivity index (χ1n) is 8.61. The predicted molar refractivity (Wildman–Crippen MR) is 101 cm³/mol. The number of H-pyrrole nitrogens is 1. The number of hydrogen-bond acceptors (Lipinski definition) is 4. The number of thioether (sulfide) groups is 1. The average molecular weight is 357 g/mol. The average Bonchev–Trinajstić information content (AvgIpc) is 2.59. The van der Waals surface area contributed by atoms with Crippen LogP contribution in [-0.4, -0.2) is 21.1 Å². The molecule has 1 aromatic heterocycles. The Bertz CT molecular complexity index is 860. The van der Waals surface area contributed by atoms with Crippen molar-refractivity contribution in [2.24, 2.45) is 0 Å². The molecule has 1 aromatic carbocycles. The van der Waals surface area contributed by atoms with Crippen LogP contribution in [0.2, 0.25) is 0 Å². The smallest absolute Gasteiger partial charge is 0.254 e. The zero-order valence-corrected chi connectivity index (χ0v) is 15.6. The van der Waals surface area contributed by atoms with Crippen LogP contribution in [0, 0.1) is 13.8 Å². The van der Waals surface area contributed by atoms with Gasteiger partial charge in [-0.15, -0.1) is 0 Å². The molecule has 0 fully saturated rings. The number of benzene rings is 1. The minimum Gasteiger partial charge on any atom is -0.325 e. The minimum absolute atomic E-state index is 0.0608. The monoisotopic (exact) mass is 357 g/mol. The van der Waals surface area contributed by atoms with Gasteiger partial charge in [-0.1, -0.05) is 23.9 Å². The van der Waals surface area contributed by atoms with E-state index in [9.17, 15) is 9.59 Å². The van der Waals surface area contributed by atoms with Gasteiger partial charge in [-0.05, 0) is 63.6 Å². The van der Waals surface area contributed by atoms with Gasteiger partial charge in [0.05, 0.1) is 10.9 Å². The lowest BCUT2D eigenvalue weighted by Gasteiger charge is -2.16. The maximum absolute atomic E-state index is 12.5. The van der Waals surface area contributed by atoms with Crippen LogP contribution in [0.25, 0.3) is 0 Å². The molecule has 1 aliphatic carbocycles. The number of nitrogens with zero attached hydrogens (tertiary/aromatic N) is 1. The summed E-state index contributed by atoms with van der Waals surface area (Å²) in [6.07, 6.45) is 3.75. The maximum atomic E-state index is 12.5. The quantitative estimate of drug-likeness (QED) is 0.650. The van der Waals surface area contributed by atoms with E-state index in [2.05, 4.69) is 15.3 Å². The Morgan fingerprint density at radius 3 is 2.84 bits per heavy atom. The molecule has 5 nitrogen and oxygen atoms in total. The highest BCUT2D eigenvalue weighted by atomic mass is 32.2. The first-order chi connectivity index (χ1) is 12.0. The summed E-state index contributed by atoms with van der Waals surface area (Å²) in [6, 6.07) is 5.85. The molecular formula is C19H23N3O2S. The predicted octanol–water partition coefficient (Wildman–Crippen LogP) is 3.38. The molecule has 0 spiro atoms. The fraction of sp³-hybridized carbons (Fsp3) is 0.421. The van der Waals surface area contributed by atoms with Crippen molar-refractivity contribution in [3.05, 3.63) is 50.9 Å². The molecule has 1 heterocycles. The topological polar surface area (TPSA) is 74.8 Å². The van der Waals surface area contributed by atoms with E-state index >= 15 is 0 Å². The molecule has 1 aliphatic rings. The van der Waals surface area contributed by atoms with Crippen molar-refractivity contribution in [3.8, 4) is 0 Å².